The molecule has 0 aromatic heterocycles. The van der Waals surface area contributed by atoms with Gasteiger partial charge in [-0.2, -0.15) is 0 Å². The number of nitrogens with zero attached hydrogens (tertiary/aromatic N) is 2. The van der Waals surface area contributed by atoms with Crippen molar-refractivity contribution < 1.29 is 0 Å². The van der Waals surface area contributed by atoms with E-state index in [0.717, 1.165) is 12.6 Å². The third-order valence-corrected chi connectivity index (χ3v) is 4.03. The lowest BCUT2D eigenvalue weighted by atomic mass is 9.99. The van der Waals surface area contributed by atoms with Crippen LogP contribution < -0.4 is 4.90 Å². The van der Waals surface area contributed by atoms with Crippen molar-refractivity contribution in [2.45, 2.75) is 45.2 Å². The lowest BCUT2D eigenvalue weighted by Gasteiger charge is -2.35. The predicted molar refractivity (Wildman–Crippen MR) is 79.1 cm³/mol. The zero-order valence-electron chi connectivity index (χ0n) is 12.0. The first-order valence-electron chi connectivity index (χ1n) is 7.21. The molecule has 0 amide bonds. The van der Waals surface area contributed by atoms with Gasteiger partial charge in [0.05, 0.1) is 0 Å². The topological polar surface area (TPSA) is 6.48 Å². The number of rotatable bonds is 4. The molecule has 0 saturated carbocycles. The molecule has 1 aromatic carbocycles. The summed E-state index contributed by atoms with van der Waals surface area (Å²) in [5.41, 5.74) is 2.75. The summed E-state index contributed by atoms with van der Waals surface area (Å²) < 4.78 is 0. The molecule has 0 N–H and O–H groups in total. The van der Waals surface area contributed by atoms with Crippen molar-refractivity contribution in [2.24, 2.45) is 0 Å². The van der Waals surface area contributed by atoms with E-state index in [0.29, 0.717) is 0 Å². The molecule has 1 aromatic rings. The minimum absolute atomic E-state index is 0.793. The first-order chi connectivity index (χ1) is 8.70. The summed E-state index contributed by atoms with van der Waals surface area (Å²) in [4.78, 5) is 4.84. The summed E-state index contributed by atoms with van der Waals surface area (Å²) in [5.74, 6) is 0. The molecule has 2 heteroatoms. The average Bonchev–Trinajstić information content (AvgIpc) is 2.39. The van der Waals surface area contributed by atoms with Gasteiger partial charge in [-0.05, 0) is 43.5 Å². The Balaban J connectivity index is 2.05. The van der Waals surface area contributed by atoms with E-state index in [9.17, 15) is 0 Å². The molecule has 2 rings (SSSR count). The fourth-order valence-corrected chi connectivity index (χ4v) is 2.90. The van der Waals surface area contributed by atoms with Crippen LogP contribution >= 0.6 is 0 Å². The normalized spacial score (nSPS) is 20.9. The van der Waals surface area contributed by atoms with Crippen molar-refractivity contribution in [2.75, 3.05) is 25.5 Å². The summed E-state index contributed by atoms with van der Waals surface area (Å²) in [6.07, 6.45) is 5.44. The van der Waals surface area contributed by atoms with E-state index in [1.807, 2.05) is 0 Å². The van der Waals surface area contributed by atoms with E-state index in [-0.39, 0.29) is 0 Å². The second-order valence-corrected chi connectivity index (χ2v) is 5.59. The van der Waals surface area contributed by atoms with Crippen LogP contribution in [0.25, 0.3) is 0 Å². The van der Waals surface area contributed by atoms with Gasteiger partial charge in [0.2, 0.25) is 0 Å². The summed E-state index contributed by atoms with van der Waals surface area (Å²) >= 11 is 0. The fraction of sp³-hybridized carbons (Fsp3) is 0.625. The van der Waals surface area contributed by atoms with E-state index in [2.05, 4.69) is 55.1 Å². The van der Waals surface area contributed by atoms with Crippen molar-refractivity contribution in [3.05, 3.63) is 29.8 Å². The monoisotopic (exact) mass is 246 g/mol. The third kappa shape index (κ3) is 3.26. The molecule has 1 unspecified atom stereocenters. The van der Waals surface area contributed by atoms with Crippen LogP contribution in [0.5, 0.6) is 0 Å². The van der Waals surface area contributed by atoms with Gasteiger partial charge < -0.3 is 4.90 Å². The van der Waals surface area contributed by atoms with Crippen molar-refractivity contribution in [3.8, 4) is 0 Å². The average molecular weight is 246 g/mol. The van der Waals surface area contributed by atoms with E-state index in [1.54, 1.807) is 0 Å². The number of benzene rings is 1. The molecule has 18 heavy (non-hydrogen) atoms. The Hall–Kier alpha value is -1.02. The van der Waals surface area contributed by atoms with Gasteiger partial charge in [-0.1, -0.05) is 25.5 Å². The summed E-state index contributed by atoms with van der Waals surface area (Å²) in [5, 5.41) is 0. The van der Waals surface area contributed by atoms with Gasteiger partial charge in [0.25, 0.3) is 0 Å². The van der Waals surface area contributed by atoms with Crippen molar-refractivity contribution in [1.29, 1.82) is 0 Å². The molecule has 0 radical (unpaired) electrons. The maximum Gasteiger partial charge on any atom is 0.0364 e. The molecule has 1 heterocycles. The number of likely N-dealkylation sites (tertiary alicyclic amines) is 1. The van der Waals surface area contributed by atoms with Crippen LogP contribution in [0.2, 0.25) is 0 Å². The van der Waals surface area contributed by atoms with Crippen LogP contribution in [0.3, 0.4) is 0 Å². The molecule has 0 aliphatic carbocycles. The van der Waals surface area contributed by atoms with Gasteiger partial charge in [-0.3, -0.25) is 4.90 Å². The SMILES string of the molecule is CCC1CCCCN1Cc1cccc(N(C)C)c1. The van der Waals surface area contributed by atoms with Gasteiger partial charge in [0.1, 0.15) is 0 Å². The molecular weight excluding hydrogens is 220 g/mol. The van der Waals surface area contributed by atoms with Crippen molar-refractivity contribution in [3.63, 3.8) is 0 Å². The number of hydrogen-bond acceptors (Lipinski definition) is 2. The van der Waals surface area contributed by atoms with Gasteiger partial charge in [-0.25, -0.2) is 0 Å². The zero-order chi connectivity index (χ0) is 13.0. The Labute approximate surface area is 112 Å². The second kappa shape index (κ2) is 6.24. The van der Waals surface area contributed by atoms with Crippen LogP contribution in [-0.2, 0) is 6.54 Å². The van der Waals surface area contributed by atoms with Crippen molar-refractivity contribution >= 4 is 5.69 Å². The Kier molecular flexibility index (Phi) is 4.65. The van der Waals surface area contributed by atoms with Gasteiger partial charge >= 0.3 is 0 Å². The molecular formula is C16H26N2. The smallest absolute Gasteiger partial charge is 0.0364 e. The highest BCUT2D eigenvalue weighted by molar-refractivity contribution is 5.47. The summed E-state index contributed by atoms with van der Waals surface area (Å²) in [7, 11) is 4.21. The number of piperidine rings is 1. The molecule has 0 spiro atoms. The van der Waals surface area contributed by atoms with Gasteiger partial charge in [0, 0.05) is 32.4 Å². The highest BCUT2D eigenvalue weighted by Gasteiger charge is 2.20. The largest absolute Gasteiger partial charge is 0.378 e. The molecule has 1 atom stereocenters. The third-order valence-electron chi connectivity index (χ3n) is 4.03. The highest BCUT2D eigenvalue weighted by Crippen LogP contribution is 2.23. The fourth-order valence-electron chi connectivity index (χ4n) is 2.90. The summed E-state index contributed by atoms with van der Waals surface area (Å²) in [6.45, 7) is 4.70. The summed E-state index contributed by atoms with van der Waals surface area (Å²) in [6, 6.07) is 9.73. The first kappa shape index (κ1) is 13.4. The predicted octanol–water partition coefficient (Wildman–Crippen LogP) is 3.52. The lowest BCUT2D eigenvalue weighted by molar-refractivity contribution is 0.136. The minimum Gasteiger partial charge on any atom is -0.378 e. The van der Waals surface area contributed by atoms with E-state index in [4.69, 9.17) is 0 Å². The maximum atomic E-state index is 2.66. The maximum absolute atomic E-state index is 2.66. The van der Waals surface area contributed by atoms with Crippen LogP contribution in [0.15, 0.2) is 24.3 Å². The van der Waals surface area contributed by atoms with E-state index in [1.165, 1.54) is 43.5 Å². The molecule has 1 fully saturated rings. The molecule has 2 nitrogen and oxygen atoms in total. The number of anilines is 1. The zero-order valence-corrected chi connectivity index (χ0v) is 12.0. The number of hydrogen-bond donors (Lipinski definition) is 0. The Bertz CT molecular complexity index is 373. The van der Waals surface area contributed by atoms with Crippen LogP contribution in [-0.4, -0.2) is 31.6 Å². The molecule has 0 bridgehead atoms. The Morgan fingerprint density at radius 2 is 2.11 bits per heavy atom. The quantitative estimate of drug-likeness (QED) is 0.802. The van der Waals surface area contributed by atoms with E-state index < -0.39 is 0 Å². The van der Waals surface area contributed by atoms with Crippen molar-refractivity contribution in [1.82, 2.24) is 4.90 Å². The second-order valence-electron chi connectivity index (χ2n) is 5.59. The van der Waals surface area contributed by atoms with Crippen LogP contribution in [0, 0.1) is 0 Å². The first-order valence-corrected chi connectivity index (χ1v) is 7.21. The Morgan fingerprint density at radius 1 is 1.28 bits per heavy atom. The van der Waals surface area contributed by atoms with Gasteiger partial charge in [-0.15, -0.1) is 0 Å². The van der Waals surface area contributed by atoms with Gasteiger partial charge in [0.15, 0.2) is 0 Å². The molecule has 100 valence electrons. The van der Waals surface area contributed by atoms with Crippen LogP contribution in [0.4, 0.5) is 5.69 Å². The lowest BCUT2D eigenvalue weighted by Crippen LogP contribution is -2.38. The standard InChI is InChI=1S/C16H26N2/c1-4-15-9-5-6-11-18(15)13-14-8-7-10-16(12-14)17(2)3/h7-8,10,12,15H,4-6,9,11,13H2,1-3H3. The van der Waals surface area contributed by atoms with Crippen LogP contribution in [0.1, 0.15) is 38.2 Å². The molecule has 1 aliphatic heterocycles. The Morgan fingerprint density at radius 3 is 2.83 bits per heavy atom. The van der Waals surface area contributed by atoms with E-state index >= 15 is 0 Å². The molecule has 1 saturated heterocycles. The minimum atomic E-state index is 0.793. The molecule has 1 aliphatic rings. The highest BCUT2D eigenvalue weighted by atomic mass is 15.2.